The molecule has 1 amide bonds. The third-order valence-corrected chi connectivity index (χ3v) is 2.66. The second-order valence-electron chi connectivity index (χ2n) is 5.46. The number of aliphatic hydroxyl groups is 1. The van der Waals surface area contributed by atoms with Gasteiger partial charge in [0.2, 0.25) is 0 Å². The molecule has 7 heteroatoms. The lowest BCUT2D eigenvalue weighted by Crippen LogP contribution is -2.39. The van der Waals surface area contributed by atoms with Gasteiger partial charge < -0.3 is 14.7 Å². The Kier molecular flexibility index (Phi) is 4.15. The van der Waals surface area contributed by atoms with Crippen LogP contribution in [0.2, 0.25) is 0 Å². The fraction of sp³-hybridized carbons (Fsp3) is 0.909. The van der Waals surface area contributed by atoms with Crippen molar-refractivity contribution in [3.8, 4) is 0 Å². The van der Waals surface area contributed by atoms with E-state index in [1.165, 1.54) is 4.90 Å². The van der Waals surface area contributed by atoms with Gasteiger partial charge in [-0.15, -0.1) is 0 Å². The van der Waals surface area contributed by atoms with Crippen molar-refractivity contribution in [1.82, 2.24) is 4.90 Å². The highest BCUT2D eigenvalue weighted by Crippen LogP contribution is 2.31. The van der Waals surface area contributed by atoms with Crippen molar-refractivity contribution in [3.05, 3.63) is 0 Å². The van der Waals surface area contributed by atoms with Crippen LogP contribution in [0.25, 0.3) is 0 Å². The quantitative estimate of drug-likeness (QED) is 0.793. The van der Waals surface area contributed by atoms with E-state index in [-0.39, 0.29) is 19.5 Å². The van der Waals surface area contributed by atoms with Crippen LogP contribution in [0.5, 0.6) is 0 Å². The summed E-state index contributed by atoms with van der Waals surface area (Å²) in [5, 5.41) is 9.11. The number of nitrogens with zero attached hydrogens (tertiary/aromatic N) is 1. The highest BCUT2D eigenvalue weighted by Gasteiger charge is 2.46. The monoisotopic (exact) mass is 269 g/mol. The molecule has 0 aromatic carbocycles. The summed E-state index contributed by atoms with van der Waals surface area (Å²) in [6.07, 6.45) is -7.54. The van der Waals surface area contributed by atoms with Gasteiger partial charge >= 0.3 is 12.3 Å². The molecule has 0 aliphatic carbocycles. The maximum absolute atomic E-state index is 12.3. The minimum Gasteiger partial charge on any atom is -0.444 e. The first-order chi connectivity index (χ1) is 8.00. The minimum atomic E-state index is -4.64. The van der Waals surface area contributed by atoms with Gasteiger partial charge in [-0.25, -0.2) is 4.79 Å². The zero-order chi connectivity index (χ0) is 14.1. The maximum atomic E-state index is 12.3. The van der Waals surface area contributed by atoms with Crippen LogP contribution >= 0.6 is 0 Å². The molecule has 0 aromatic rings. The summed E-state index contributed by atoms with van der Waals surface area (Å²) in [4.78, 5) is 12.8. The Bertz CT molecular complexity index is 312. The Hall–Kier alpha value is -0.980. The SMILES string of the molecule is CC(C)(C)OC(=O)N1CC[C@H]([C@H](O)C(F)(F)F)C1. The van der Waals surface area contributed by atoms with E-state index < -0.39 is 29.9 Å². The number of likely N-dealkylation sites (tertiary alicyclic amines) is 1. The molecule has 1 N–H and O–H groups in total. The standard InChI is InChI=1S/C11H18F3NO3/c1-10(2,3)18-9(17)15-5-4-7(6-15)8(16)11(12,13)14/h7-8,16H,4-6H2,1-3H3/t7-,8-/m0/s1. The molecular formula is C11H18F3NO3. The molecule has 0 unspecified atom stereocenters. The van der Waals surface area contributed by atoms with Gasteiger partial charge in [0.15, 0.2) is 6.10 Å². The van der Waals surface area contributed by atoms with Gasteiger partial charge in [0.25, 0.3) is 0 Å². The van der Waals surface area contributed by atoms with Gasteiger partial charge in [-0.3, -0.25) is 0 Å². The lowest BCUT2D eigenvalue weighted by atomic mass is 10.0. The summed E-state index contributed by atoms with van der Waals surface area (Å²) < 4.78 is 42.0. The molecule has 0 bridgehead atoms. The van der Waals surface area contributed by atoms with Crippen molar-refractivity contribution in [2.45, 2.75) is 45.1 Å². The lowest BCUT2D eigenvalue weighted by molar-refractivity contribution is -0.217. The molecule has 1 aliphatic heterocycles. The van der Waals surface area contributed by atoms with Crippen molar-refractivity contribution in [1.29, 1.82) is 0 Å². The van der Waals surface area contributed by atoms with E-state index in [1.54, 1.807) is 20.8 Å². The maximum Gasteiger partial charge on any atom is 0.414 e. The van der Waals surface area contributed by atoms with Crippen LogP contribution in [0.1, 0.15) is 27.2 Å². The second kappa shape index (κ2) is 4.95. The van der Waals surface area contributed by atoms with Gasteiger partial charge in [-0.05, 0) is 27.2 Å². The topological polar surface area (TPSA) is 49.8 Å². The molecule has 0 radical (unpaired) electrons. The smallest absolute Gasteiger partial charge is 0.414 e. The zero-order valence-corrected chi connectivity index (χ0v) is 10.6. The average Bonchev–Trinajstić information content (AvgIpc) is 2.60. The van der Waals surface area contributed by atoms with Crippen LogP contribution in [-0.4, -0.2) is 47.1 Å². The summed E-state index contributed by atoms with van der Waals surface area (Å²) in [5.41, 5.74) is -0.683. The van der Waals surface area contributed by atoms with E-state index in [2.05, 4.69) is 0 Å². The predicted octanol–water partition coefficient (Wildman–Crippen LogP) is 2.17. The largest absolute Gasteiger partial charge is 0.444 e. The summed E-state index contributed by atoms with van der Waals surface area (Å²) in [6, 6.07) is 0. The Morgan fingerprint density at radius 2 is 1.94 bits per heavy atom. The van der Waals surface area contributed by atoms with Crippen LogP contribution in [0, 0.1) is 5.92 Å². The number of hydrogen-bond donors (Lipinski definition) is 1. The van der Waals surface area contributed by atoms with Gasteiger partial charge in [0.05, 0.1) is 0 Å². The molecule has 0 saturated carbocycles. The van der Waals surface area contributed by atoms with Crippen LogP contribution in [-0.2, 0) is 4.74 Å². The molecule has 1 rings (SSSR count). The number of halogens is 3. The molecule has 0 aromatic heterocycles. The molecule has 1 aliphatic rings. The van der Waals surface area contributed by atoms with E-state index in [0.717, 1.165) is 0 Å². The molecule has 0 spiro atoms. The van der Waals surface area contributed by atoms with Gasteiger partial charge in [0.1, 0.15) is 5.60 Å². The molecule has 1 heterocycles. The minimum absolute atomic E-state index is 0.125. The van der Waals surface area contributed by atoms with Crippen molar-refractivity contribution in [2.75, 3.05) is 13.1 Å². The fourth-order valence-electron chi connectivity index (χ4n) is 1.80. The number of amides is 1. The molecule has 18 heavy (non-hydrogen) atoms. The van der Waals surface area contributed by atoms with Crippen LogP contribution in [0.3, 0.4) is 0 Å². The Labute approximate surface area is 104 Å². The number of aliphatic hydroxyl groups excluding tert-OH is 1. The molecule has 1 fully saturated rings. The first-order valence-electron chi connectivity index (χ1n) is 5.73. The number of ether oxygens (including phenoxy) is 1. The Balaban J connectivity index is 2.54. The zero-order valence-electron chi connectivity index (χ0n) is 10.6. The molecular weight excluding hydrogens is 251 g/mol. The normalized spacial score (nSPS) is 23.1. The number of carbonyl (C=O) groups is 1. The lowest BCUT2D eigenvalue weighted by Gasteiger charge is -2.25. The predicted molar refractivity (Wildman–Crippen MR) is 58.0 cm³/mol. The third-order valence-electron chi connectivity index (χ3n) is 2.66. The van der Waals surface area contributed by atoms with Crippen molar-refractivity contribution < 1.29 is 27.8 Å². The van der Waals surface area contributed by atoms with Crippen molar-refractivity contribution in [3.63, 3.8) is 0 Å². The second-order valence-corrected chi connectivity index (χ2v) is 5.46. The number of carbonyl (C=O) groups excluding carboxylic acids is 1. The molecule has 2 atom stereocenters. The van der Waals surface area contributed by atoms with Crippen LogP contribution in [0.15, 0.2) is 0 Å². The van der Waals surface area contributed by atoms with Crippen LogP contribution in [0.4, 0.5) is 18.0 Å². The van der Waals surface area contributed by atoms with Crippen molar-refractivity contribution in [2.24, 2.45) is 5.92 Å². The van der Waals surface area contributed by atoms with Gasteiger partial charge in [-0.2, -0.15) is 13.2 Å². The summed E-state index contributed by atoms with van der Waals surface area (Å²) in [7, 11) is 0. The van der Waals surface area contributed by atoms with Gasteiger partial charge in [-0.1, -0.05) is 0 Å². The van der Waals surface area contributed by atoms with E-state index in [4.69, 9.17) is 9.84 Å². The highest BCUT2D eigenvalue weighted by molar-refractivity contribution is 5.68. The summed E-state index contributed by atoms with van der Waals surface area (Å²) in [6.45, 7) is 5.09. The molecule has 106 valence electrons. The molecule has 4 nitrogen and oxygen atoms in total. The first-order valence-corrected chi connectivity index (χ1v) is 5.73. The van der Waals surface area contributed by atoms with Crippen LogP contribution < -0.4 is 0 Å². The highest BCUT2D eigenvalue weighted by atomic mass is 19.4. The number of hydrogen-bond acceptors (Lipinski definition) is 3. The fourth-order valence-corrected chi connectivity index (χ4v) is 1.80. The summed E-state index contributed by atoms with van der Waals surface area (Å²) >= 11 is 0. The number of alkyl halides is 3. The third kappa shape index (κ3) is 4.04. The van der Waals surface area contributed by atoms with E-state index in [1.807, 2.05) is 0 Å². The Morgan fingerprint density at radius 3 is 2.39 bits per heavy atom. The average molecular weight is 269 g/mol. The summed E-state index contributed by atoms with van der Waals surface area (Å²) in [5.74, 6) is -0.975. The van der Waals surface area contributed by atoms with E-state index in [9.17, 15) is 18.0 Å². The Morgan fingerprint density at radius 1 is 1.39 bits per heavy atom. The number of rotatable bonds is 1. The van der Waals surface area contributed by atoms with Crippen molar-refractivity contribution >= 4 is 6.09 Å². The molecule has 1 saturated heterocycles. The van der Waals surface area contributed by atoms with Gasteiger partial charge in [0, 0.05) is 19.0 Å². The van der Waals surface area contributed by atoms with E-state index >= 15 is 0 Å². The first kappa shape index (κ1) is 15.1. The van der Waals surface area contributed by atoms with E-state index in [0.29, 0.717) is 0 Å².